The van der Waals surface area contributed by atoms with Gasteiger partial charge in [0.15, 0.2) is 6.10 Å². The van der Waals surface area contributed by atoms with E-state index in [2.05, 4.69) is 0 Å². The number of hydrogen-bond acceptors (Lipinski definition) is 3. The zero-order chi connectivity index (χ0) is 9.68. The van der Waals surface area contributed by atoms with Crippen LogP contribution >= 0.6 is 11.8 Å². The third-order valence-corrected chi connectivity index (χ3v) is 2.30. The lowest BCUT2D eigenvalue weighted by Crippen LogP contribution is -2.07. The highest BCUT2D eigenvalue weighted by atomic mass is 32.2. The van der Waals surface area contributed by atoms with E-state index in [1.54, 1.807) is 18.7 Å². The number of rotatable bonds is 3. The Morgan fingerprint density at radius 2 is 2.00 bits per heavy atom. The van der Waals surface area contributed by atoms with Gasteiger partial charge in [0.05, 0.1) is 0 Å². The smallest absolute Gasteiger partial charge is 0.181 e. The average molecular weight is 193 g/mol. The molecule has 2 nitrogen and oxygen atoms in total. The first-order valence-electron chi connectivity index (χ1n) is 3.96. The molecule has 0 aliphatic rings. The van der Waals surface area contributed by atoms with Crippen LogP contribution in [0.4, 0.5) is 0 Å². The fraction of sp³-hybridized carbons (Fsp3) is 0.300. The van der Waals surface area contributed by atoms with Crippen molar-refractivity contribution in [1.82, 2.24) is 0 Å². The summed E-state index contributed by atoms with van der Waals surface area (Å²) >= 11 is 1.68. The number of nitrogens with zero attached hydrogens (tertiary/aromatic N) is 1. The highest BCUT2D eigenvalue weighted by Gasteiger charge is 2.00. The largest absolute Gasteiger partial charge is 0.476 e. The van der Waals surface area contributed by atoms with Crippen LogP contribution in [0.2, 0.25) is 0 Å². The van der Waals surface area contributed by atoms with Crippen LogP contribution in [-0.4, -0.2) is 12.4 Å². The molecule has 13 heavy (non-hydrogen) atoms. The molecule has 1 unspecified atom stereocenters. The summed E-state index contributed by atoms with van der Waals surface area (Å²) in [7, 11) is 0. The Labute approximate surface area is 82.5 Å². The van der Waals surface area contributed by atoms with Crippen molar-refractivity contribution in [3.8, 4) is 11.8 Å². The van der Waals surface area contributed by atoms with Gasteiger partial charge in [-0.2, -0.15) is 5.26 Å². The van der Waals surface area contributed by atoms with Gasteiger partial charge in [0.25, 0.3) is 0 Å². The minimum absolute atomic E-state index is 0.389. The van der Waals surface area contributed by atoms with Gasteiger partial charge in [-0.25, -0.2) is 0 Å². The highest BCUT2D eigenvalue weighted by molar-refractivity contribution is 7.98. The molecule has 0 amide bonds. The Morgan fingerprint density at radius 1 is 1.38 bits per heavy atom. The van der Waals surface area contributed by atoms with E-state index >= 15 is 0 Å². The van der Waals surface area contributed by atoms with E-state index in [4.69, 9.17) is 10.00 Å². The van der Waals surface area contributed by atoms with Crippen molar-refractivity contribution < 1.29 is 4.74 Å². The minimum atomic E-state index is -0.389. The lowest BCUT2D eigenvalue weighted by molar-refractivity contribution is 0.276. The third kappa shape index (κ3) is 3.00. The highest BCUT2D eigenvalue weighted by Crippen LogP contribution is 2.19. The molecule has 0 spiro atoms. The Kier molecular flexibility index (Phi) is 3.66. The summed E-state index contributed by atoms with van der Waals surface area (Å²) < 4.78 is 5.29. The Balaban J connectivity index is 2.65. The molecule has 0 saturated carbocycles. The number of benzene rings is 1. The monoisotopic (exact) mass is 193 g/mol. The predicted molar refractivity (Wildman–Crippen MR) is 53.9 cm³/mol. The van der Waals surface area contributed by atoms with E-state index in [-0.39, 0.29) is 6.10 Å². The second kappa shape index (κ2) is 4.78. The molecular weight excluding hydrogens is 182 g/mol. The zero-order valence-electron chi connectivity index (χ0n) is 7.65. The summed E-state index contributed by atoms with van der Waals surface area (Å²) in [5, 5.41) is 8.52. The van der Waals surface area contributed by atoms with Gasteiger partial charge in [0.2, 0.25) is 0 Å². The molecule has 68 valence electrons. The van der Waals surface area contributed by atoms with E-state index in [1.165, 1.54) is 4.90 Å². The van der Waals surface area contributed by atoms with Crippen LogP contribution in [0.15, 0.2) is 29.2 Å². The van der Waals surface area contributed by atoms with Crippen molar-refractivity contribution in [2.75, 3.05) is 6.26 Å². The van der Waals surface area contributed by atoms with Crippen LogP contribution in [0, 0.1) is 11.3 Å². The summed E-state index contributed by atoms with van der Waals surface area (Å²) in [5.41, 5.74) is 0. The molecule has 0 aromatic heterocycles. The molecule has 0 aliphatic heterocycles. The first kappa shape index (κ1) is 9.94. The fourth-order valence-electron chi connectivity index (χ4n) is 0.885. The maximum Gasteiger partial charge on any atom is 0.181 e. The SMILES string of the molecule is CSc1ccc(OC(C)C#N)cc1. The van der Waals surface area contributed by atoms with Crippen molar-refractivity contribution in [1.29, 1.82) is 5.26 Å². The summed E-state index contributed by atoms with van der Waals surface area (Å²) in [6.07, 6.45) is 1.63. The average Bonchev–Trinajstić information content (AvgIpc) is 2.19. The van der Waals surface area contributed by atoms with Gasteiger partial charge in [0.1, 0.15) is 11.8 Å². The van der Waals surface area contributed by atoms with Crippen molar-refractivity contribution in [2.24, 2.45) is 0 Å². The number of nitriles is 1. The van der Waals surface area contributed by atoms with Gasteiger partial charge < -0.3 is 4.74 Å². The zero-order valence-corrected chi connectivity index (χ0v) is 8.47. The molecular formula is C10H11NOS. The fourth-order valence-corrected chi connectivity index (χ4v) is 1.29. The van der Waals surface area contributed by atoms with Crippen LogP contribution in [0.1, 0.15) is 6.92 Å². The van der Waals surface area contributed by atoms with Crippen molar-refractivity contribution in [3.05, 3.63) is 24.3 Å². The summed E-state index contributed by atoms with van der Waals surface area (Å²) in [5.74, 6) is 0.742. The van der Waals surface area contributed by atoms with Crippen molar-refractivity contribution >= 4 is 11.8 Å². The molecule has 0 radical (unpaired) electrons. The lowest BCUT2D eigenvalue weighted by Gasteiger charge is -2.07. The predicted octanol–water partition coefficient (Wildman–Crippen LogP) is 2.70. The van der Waals surface area contributed by atoms with Gasteiger partial charge in [-0.15, -0.1) is 11.8 Å². The molecule has 0 saturated heterocycles. The number of thioether (sulfide) groups is 1. The first-order chi connectivity index (χ1) is 6.26. The van der Waals surface area contributed by atoms with Crippen LogP contribution in [-0.2, 0) is 0 Å². The standard InChI is InChI=1S/C10H11NOS/c1-8(7-11)12-9-3-5-10(13-2)6-4-9/h3-6,8H,1-2H3. The molecule has 1 atom stereocenters. The van der Waals surface area contributed by atoms with Crippen LogP contribution in [0.3, 0.4) is 0 Å². The maximum absolute atomic E-state index is 8.52. The molecule has 1 aromatic carbocycles. The van der Waals surface area contributed by atoms with Crippen LogP contribution in [0.5, 0.6) is 5.75 Å². The molecule has 0 aliphatic carbocycles. The second-order valence-electron chi connectivity index (χ2n) is 2.56. The van der Waals surface area contributed by atoms with Gasteiger partial charge in [0, 0.05) is 4.90 Å². The van der Waals surface area contributed by atoms with Crippen LogP contribution in [0.25, 0.3) is 0 Å². The van der Waals surface area contributed by atoms with Gasteiger partial charge in [-0.1, -0.05) is 0 Å². The Bertz CT molecular complexity index is 302. The number of ether oxygens (including phenoxy) is 1. The summed E-state index contributed by atoms with van der Waals surface area (Å²) in [6, 6.07) is 9.72. The quantitative estimate of drug-likeness (QED) is 0.692. The number of hydrogen-bond donors (Lipinski definition) is 0. The Hall–Kier alpha value is -1.14. The van der Waals surface area contributed by atoms with Crippen LogP contribution < -0.4 is 4.74 Å². The van der Waals surface area contributed by atoms with Crippen molar-refractivity contribution in [2.45, 2.75) is 17.9 Å². The summed E-state index contributed by atoms with van der Waals surface area (Å²) in [4.78, 5) is 1.19. The van der Waals surface area contributed by atoms with E-state index in [1.807, 2.05) is 36.6 Å². The molecule has 0 N–H and O–H groups in total. The second-order valence-corrected chi connectivity index (χ2v) is 3.44. The third-order valence-electron chi connectivity index (χ3n) is 1.55. The Morgan fingerprint density at radius 3 is 2.46 bits per heavy atom. The molecule has 3 heteroatoms. The molecule has 1 rings (SSSR count). The minimum Gasteiger partial charge on any atom is -0.476 e. The van der Waals surface area contributed by atoms with E-state index < -0.39 is 0 Å². The molecule has 1 aromatic rings. The first-order valence-corrected chi connectivity index (χ1v) is 5.19. The summed E-state index contributed by atoms with van der Waals surface area (Å²) in [6.45, 7) is 1.72. The normalized spacial score (nSPS) is 11.8. The van der Waals surface area contributed by atoms with Gasteiger partial charge >= 0.3 is 0 Å². The molecule has 0 bridgehead atoms. The van der Waals surface area contributed by atoms with Gasteiger partial charge in [-0.05, 0) is 37.4 Å². The van der Waals surface area contributed by atoms with E-state index in [0.29, 0.717) is 0 Å². The van der Waals surface area contributed by atoms with E-state index in [0.717, 1.165) is 5.75 Å². The molecule has 0 fully saturated rings. The lowest BCUT2D eigenvalue weighted by atomic mass is 10.3. The van der Waals surface area contributed by atoms with E-state index in [9.17, 15) is 0 Å². The van der Waals surface area contributed by atoms with Gasteiger partial charge in [-0.3, -0.25) is 0 Å². The molecule has 0 heterocycles. The maximum atomic E-state index is 8.52. The topological polar surface area (TPSA) is 33.0 Å². The van der Waals surface area contributed by atoms with Crippen molar-refractivity contribution in [3.63, 3.8) is 0 Å².